The van der Waals surface area contributed by atoms with Crippen molar-refractivity contribution in [3.05, 3.63) is 0 Å². The minimum atomic E-state index is -0.0491. The molecule has 2 atom stereocenters. The molecule has 3 nitrogen and oxygen atoms in total. The van der Waals surface area contributed by atoms with Gasteiger partial charge in [-0.25, -0.2) is 0 Å². The second-order valence-corrected chi connectivity index (χ2v) is 5.56. The van der Waals surface area contributed by atoms with Crippen molar-refractivity contribution in [1.29, 1.82) is 0 Å². The molecule has 1 aliphatic heterocycles. The Bertz CT molecular complexity index is 214. The maximum Gasteiger partial charge on any atom is 0.139 e. The molecule has 2 unspecified atom stereocenters. The Hall–Kier alpha value is -0.410. The highest BCUT2D eigenvalue weighted by Crippen LogP contribution is 2.23. The third-order valence-corrected chi connectivity index (χ3v) is 3.15. The first-order valence-electron chi connectivity index (χ1n) is 5.77. The summed E-state index contributed by atoms with van der Waals surface area (Å²) in [5, 5.41) is 0. The van der Waals surface area contributed by atoms with E-state index >= 15 is 0 Å². The maximum absolute atomic E-state index is 11.9. The summed E-state index contributed by atoms with van der Waals surface area (Å²) in [6, 6.07) is -0.0491. The average molecular weight is 213 g/mol. The largest absolute Gasteiger partial charge is 0.381 e. The molecule has 0 aromatic heterocycles. The van der Waals surface area contributed by atoms with E-state index in [1.807, 2.05) is 0 Å². The number of hydrogen-bond acceptors (Lipinski definition) is 3. The minimum Gasteiger partial charge on any atom is -0.381 e. The highest BCUT2D eigenvalue weighted by Gasteiger charge is 2.28. The van der Waals surface area contributed by atoms with E-state index in [4.69, 9.17) is 10.5 Å². The van der Waals surface area contributed by atoms with E-state index < -0.39 is 0 Å². The van der Waals surface area contributed by atoms with Gasteiger partial charge in [0.15, 0.2) is 0 Å². The Balaban J connectivity index is 2.40. The molecule has 3 heteroatoms. The molecule has 1 heterocycles. The van der Waals surface area contributed by atoms with E-state index in [1.54, 1.807) is 0 Å². The van der Waals surface area contributed by atoms with Gasteiger partial charge in [-0.1, -0.05) is 20.8 Å². The van der Waals surface area contributed by atoms with E-state index in [0.717, 1.165) is 19.4 Å². The van der Waals surface area contributed by atoms with E-state index in [2.05, 4.69) is 20.8 Å². The highest BCUT2D eigenvalue weighted by molar-refractivity contribution is 5.81. The van der Waals surface area contributed by atoms with Crippen LogP contribution in [0.25, 0.3) is 0 Å². The summed E-state index contributed by atoms with van der Waals surface area (Å²) in [6.07, 6.45) is 2.45. The predicted molar refractivity (Wildman–Crippen MR) is 60.6 cm³/mol. The Labute approximate surface area is 92.4 Å². The molecule has 0 aliphatic carbocycles. The molecular weight excluding hydrogens is 190 g/mol. The van der Waals surface area contributed by atoms with Gasteiger partial charge in [-0.05, 0) is 18.3 Å². The summed E-state index contributed by atoms with van der Waals surface area (Å²) in [5.41, 5.74) is 6.00. The summed E-state index contributed by atoms with van der Waals surface area (Å²) < 4.78 is 5.31. The Morgan fingerprint density at radius 1 is 1.53 bits per heavy atom. The van der Waals surface area contributed by atoms with E-state index in [0.29, 0.717) is 13.0 Å². The number of ketones is 1. The van der Waals surface area contributed by atoms with Crippen LogP contribution in [0.4, 0.5) is 0 Å². The zero-order chi connectivity index (χ0) is 11.5. The molecule has 1 fully saturated rings. The van der Waals surface area contributed by atoms with Crippen LogP contribution in [0.3, 0.4) is 0 Å². The summed E-state index contributed by atoms with van der Waals surface area (Å²) in [4.78, 5) is 11.9. The van der Waals surface area contributed by atoms with Gasteiger partial charge in [-0.2, -0.15) is 0 Å². The third kappa shape index (κ3) is 3.92. The monoisotopic (exact) mass is 213 g/mol. The van der Waals surface area contributed by atoms with Crippen LogP contribution in [0.2, 0.25) is 0 Å². The molecule has 2 N–H and O–H groups in total. The van der Waals surface area contributed by atoms with Crippen LogP contribution in [-0.2, 0) is 9.53 Å². The van der Waals surface area contributed by atoms with Crippen molar-refractivity contribution in [2.45, 2.75) is 46.1 Å². The molecule has 1 saturated heterocycles. The fraction of sp³-hybridized carbons (Fsp3) is 0.917. The van der Waals surface area contributed by atoms with Gasteiger partial charge >= 0.3 is 0 Å². The third-order valence-electron chi connectivity index (χ3n) is 3.15. The number of rotatable bonds is 3. The maximum atomic E-state index is 11.9. The van der Waals surface area contributed by atoms with E-state index in [-0.39, 0.29) is 23.2 Å². The van der Waals surface area contributed by atoms with Crippen molar-refractivity contribution < 1.29 is 9.53 Å². The molecule has 0 spiro atoms. The predicted octanol–water partition coefficient (Wildman–Crippen LogP) is 1.75. The van der Waals surface area contributed by atoms with Crippen molar-refractivity contribution >= 4 is 5.78 Å². The average Bonchev–Trinajstić information content (AvgIpc) is 2.17. The van der Waals surface area contributed by atoms with Crippen LogP contribution in [0, 0.1) is 11.3 Å². The number of Topliss-reactive ketones (excluding diaryl/α,β-unsaturated/α-hetero) is 1. The van der Waals surface area contributed by atoms with Crippen LogP contribution < -0.4 is 5.73 Å². The lowest BCUT2D eigenvalue weighted by Gasteiger charge is -2.28. The lowest BCUT2D eigenvalue weighted by molar-refractivity contribution is -0.127. The normalized spacial score (nSPS) is 24.9. The van der Waals surface area contributed by atoms with Gasteiger partial charge in [0.1, 0.15) is 5.78 Å². The van der Waals surface area contributed by atoms with Gasteiger partial charge in [0.05, 0.1) is 6.61 Å². The SMILES string of the molecule is CC(C)(C)C(N)CC(=O)C1CCCOC1. The molecule has 88 valence electrons. The van der Waals surface area contributed by atoms with Gasteiger partial charge in [-0.3, -0.25) is 4.79 Å². The van der Waals surface area contributed by atoms with Crippen LogP contribution >= 0.6 is 0 Å². The van der Waals surface area contributed by atoms with E-state index in [1.165, 1.54) is 0 Å². The van der Waals surface area contributed by atoms with Gasteiger partial charge in [0.2, 0.25) is 0 Å². The lowest BCUT2D eigenvalue weighted by Crippen LogP contribution is -2.39. The fourth-order valence-electron chi connectivity index (χ4n) is 1.68. The number of ether oxygens (including phenoxy) is 1. The molecule has 0 radical (unpaired) electrons. The number of hydrogen-bond donors (Lipinski definition) is 1. The molecule has 15 heavy (non-hydrogen) atoms. The van der Waals surface area contributed by atoms with Gasteiger partial charge in [0, 0.05) is 25.0 Å². The van der Waals surface area contributed by atoms with Gasteiger partial charge in [0.25, 0.3) is 0 Å². The number of carbonyl (C=O) groups is 1. The van der Waals surface area contributed by atoms with Crippen molar-refractivity contribution in [3.63, 3.8) is 0 Å². The second-order valence-electron chi connectivity index (χ2n) is 5.56. The first-order valence-corrected chi connectivity index (χ1v) is 5.77. The molecule has 0 aromatic carbocycles. The minimum absolute atomic E-state index is 0.00514. The molecule has 0 bridgehead atoms. The Morgan fingerprint density at radius 2 is 2.20 bits per heavy atom. The fourth-order valence-corrected chi connectivity index (χ4v) is 1.68. The van der Waals surface area contributed by atoms with Gasteiger partial charge < -0.3 is 10.5 Å². The zero-order valence-electron chi connectivity index (χ0n) is 10.1. The Kier molecular flexibility index (Phi) is 4.29. The molecule has 0 saturated carbocycles. The standard InChI is InChI=1S/C12H23NO2/c1-12(2,3)11(13)7-10(14)9-5-4-6-15-8-9/h9,11H,4-8,13H2,1-3H3. The molecule has 1 aliphatic rings. The topological polar surface area (TPSA) is 52.3 Å². The van der Waals surface area contributed by atoms with Crippen LogP contribution in [0.1, 0.15) is 40.0 Å². The van der Waals surface area contributed by atoms with Crippen molar-refractivity contribution in [1.82, 2.24) is 0 Å². The van der Waals surface area contributed by atoms with Crippen molar-refractivity contribution in [3.8, 4) is 0 Å². The van der Waals surface area contributed by atoms with Crippen LogP contribution in [0.15, 0.2) is 0 Å². The molecule has 1 rings (SSSR count). The smallest absolute Gasteiger partial charge is 0.139 e. The lowest BCUT2D eigenvalue weighted by atomic mass is 9.82. The van der Waals surface area contributed by atoms with Crippen LogP contribution in [0.5, 0.6) is 0 Å². The summed E-state index contributed by atoms with van der Waals surface area (Å²) in [6.45, 7) is 7.61. The van der Waals surface area contributed by atoms with Crippen LogP contribution in [-0.4, -0.2) is 25.0 Å². The van der Waals surface area contributed by atoms with Gasteiger partial charge in [-0.15, -0.1) is 0 Å². The Morgan fingerprint density at radius 3 is 2.67 bits per heavy atom. The molecular formula is C12H23NO2. The first kappa shape index (κ1) is 12.7. The van der Waals surface area contributed by atoms with Crippen molar-refractivity contribution in [2.24, 2.45) is 17.1 Å². The highest BCUT2D eigenvalue weighted by atomic mass is 16.5. The summed E-state index contributed by atoms with van der Waals surface area (Å²) in [7, 11) is 0. The summed E-state index contributed by atoms with van der Waals surface area (Å²) in [5.74, 6) is 0.365. The quantitative estimate of drug-likeness (QED) is 0.777. The molecule has 0 amide bonds. The first-order chi connectivity index (χ1) is 6.91. The van der Waals surface area contributed by atoms with E-state index in [9.17, 15) is 4.79 Å². The number of carbonyl (C=O) groups excluding carboxylic acids is 1. The number of nitrogens with two attached hydrogens (primary N) is 1. The summed E-state index contributed by atoms with van der Waals surface area (Å²) >= 11 is 0. The van der Waals surface area contributed by atoms with Crippen molar-refractivity contribution in [2.75, 3.05) is 13.2 Å². The molecule has 0 aromatic rings. The zero-order valence-corrected chi connectivity index (χ0v) is 10.1. The second kappa shape index (κ2) is 5.08.